The standard InChI is InChI=1S/C24H23ClN6O2/c1-16-10-19(12-21(11-16)33-2)28-23-22(4-3-9-26-23)24(32)27-13-20-15-31(30-29-20)14-17-5-7-18(25)8-6-17/h3-12,15H,13-14H2,1-2H3,(H,26,28)(H,27,32). The molecule has 4 aromatic rings. The van der Waals surface area contributed by atoms with Crippen molar-refractivity contribution in [1.82, 2.24) is 25.3 Å². The monoisotopic (exact) mass is 462 g/mol. The van der Waals surface area contributed by atoms with Gasteiger partial charge in [-0.15, -0.1) is 5.10 Å². The van der Waals surface area contributed by atoms with E-state index in [1.165, 1.54) is 0 Å². The zero-order valence-corrected chi connectivity index (χ0v) is 19.0. The Kier molecular flexibility index (Phi) is 6.85. The second-order valence-corrected chi connectivity index (χ2v) is 7.92. The number of amides is 1. The van der Waals surface area contributed by atoms with Gasteiger partial charge in [-0.3, -0.25) is 4.79 Å². The van der Waals surface area contributed by atoms with Crippen molar-refractivity contribution in [3.05, 3.63) is 94.4 Å². The van der Waals surface area contributed by atoms with Gasteiger partial charge in [0.05, 0.1) is 32.0 Å². The molecule has 0 radical (unpaired) electrons. The summed E-state index contributed by atoms with van der Waals surface area (Å²) in [5, 5.41) is 15.0. The molecule has 0 saturated heterocycles. The highest BCUT2D eigenvalue weighted by Gasteiger charge is 2.14. The first kappa shape index (κ1) is 22.3. The van der Waals surface area contributed by atoms with E-state index in [2.05, 4.69) is 25.9 Å². The summed E-state index contributed by atoms with van der Waals surface area (Å²) in [6, 6.07) is 16.7. The number of hydrogen-bond acceptors (Lipinski definition) is 6. The molecule has 2 N–H and O–H groups in total. The van der Waals surface area contributed by atoms with Crippen molar-refractivity contribution in [1.29, 1.82) is 0 Å². The molecule has 2 aromatic heterocycles. The number of aromatic nitrogens is 4. The van der Waals surface area contributed by atoms with E-state index in [9.17, 15) is 4.79 Å². The van der Waals surface area contributed by atoms with E-state index in [1.54, 1.807) is 36.3 Å². The molecule has 33 heavy (non-hydrogen) atoms. The lowest BCUT2D eigenvalue weighted by Crippen LogP contribution is -2.24. The number of hydrogen-bond donors (Lipinski definition) is 2. The van der Waals surface area contributed by atoms with Gasteiger partial charge in [0.25, 0.3) is 5.91 Å². The van der Waals surface area contributed by atoms with Crippen LogP contribution < -0.4 is 15.4 Å². The summed E-state index contributed by atoms with van der Waals surface area (Å²) >= 11 is 5.93. The van der Waals surface area contributed by atoms with Crippen LogP contribution in [0.5, 0.6) is 5.75 Å². The lowest BCUT2D eigenvalue weighted by Gasteiger charge is -2.12. The molecule has 0 aliphatic heterocycles. The van der Waals surface area contributed by atoms with Crippen molar-refractivity contribution < 1.29 is 9.53 Å². The number of halogens is 1. The van der Waals surface area contributed by atoms with Gasteiger partial charge >= 0.3 is 0 Å². The fraction of sp³-hybridized carbons (Fsp3) is 0.167. The van der Waals surface area contributed by atoms with Crippen LogP contribution >= 0.6 is 11.6 Å². The minimum Gasteiger partial charge on any atom is -0.497 e. The summed E-state index contributed by atoms with van der Waals surface area (Å²) in [6.07, 6.45) is 3.44. The molecule has 8 nitrogen and oxygen atoms in total. The maximum Gasteiger partial charge on any atom is 0.255 e. The molecular formula is C24H23ClN6O2. The molecule has 4 rings (SSSR count). The average Bonchev–Trinajstić information content (AvgIpc) is 3.26. The van der Waals surface area contributed by atoms with Gasteiger partial charge in [0.1, 0.15) is 17.3 Å². The minimum atomic E-state index is -0.266. The molecule has 1 amide bonds. The number of ether oxygens (including phenoxy) is 1. The minimum absolute atomic E-state index is 0.242. The summed E-state index contributed by atoms with van der Waals surface area (Å²) in [6.45, 7) is 2.78. The first-order chi connectivity index (χ1) is 16.0. The summed E-state index contributed by atoms with van der Waals surface area (Å²) in [7, 11) is 1.61. The Balaban J connectivity index is 1.41. The Hall–Kier alpha value is -3.91. The van der Waals surface area contributed by atoms with Crippen LogP contribution in [-0.4, -0.2) is 33.0 Å². The van der Waals surface area contributed by atoms with Gasteiger partial charge in [-0.1, -0.05) is 28.9 Å². The Morgan fingerprint density at radius 3 is 2.76 bits per heavy atom. The van der Waals surface area contributed by atoms with E-state index in [1.807, 2.05) is 49.4 Å². The number of pyridine rings is 1. The van der Waals surface area contributed by atoms with Crippen LogP contribution in [0.3, 0.4) is 0 Å². The maximum absolute atomic E-state index is 12.9. The van der Waals surface area contributed by atoms with Crippen molar-refractivity contribution in [3.8, 4) is 5.75 Å². The van der Waals surface area contributed by atoms with Crippen LogP contribution in [0, 0.1) is 6.92 Å². The molecule has 0 spiro atoms. The molecule has 2 aromatic carbocycles. The average molecular weight is 463 g/mol. The van der Waals surface area contributed by atoms with Crippen LogP contribution in [0.1, 0.15) is 27.2 Å². The van der Waals surface area contributed by atoms with Crippen molar-refractivity contribution in [2.45, 2.75) is 20.0 Å². The number of methoxy groups -OCH3 is 1. The Morgan fingerprint density at radius 1 is 1.15 bits per heavy atom. The normalized spacial score (nSPS) is 10.6. The van der Waals surface area contributed by atoms with E-state index < -0.39 is 0 Å². The van der Waals surface area contributed by atoms with Crippen LogP contribution in [0.4, 0.5) is 11.5 Å². The van der Waals surface area contributed by atoms with Gasteiger partial charge in [0.2, 0.25) is 0 Å². The second kappa shape index (κ2) is 10.1. The Morgan fingerprint density at radius 2 is 1.97 bits per heavy atom. The number of nitrogens with one attached hydrogen (secondary N) is 2. The fourth-order valence-electron chi connectivity index (χ4n) is 3.30. The lowest BCUT2D eigenvalue weighted by molar-refractivity contribution is 0.0951. The number of anilines is 2. The summed E-state index contributed by atoms with van der Waals surface area (Å²) in [5.74, 6) is 0.910. The lowest BCUT2D eigenvalue weighted by atomic mass is 10.2. The summed E-state index contributed by atoms with van der Waals surface area (Å²) < 4.78 is 7.04. The number of aryl methyl sites for hydroxylation is 1. The van der Waals surface area contributed by atoms with Crippen molar-refractivity contribution >= 4 is 29.0 Å². The van der Waals surface area contributed by atoms with Crippen LogP contribution in [0.25, 0.3) is 0 Å². The molecule has 0 unspecified atom stereocenters. The van der Waals surface area contributed by atoms with Gasteiger partial charge < -0.3 is 15.4 Å². The quantitative estimate of drug-likeness (QED) is 0.404. The van der Waals surface area contributed by atoms with Crippen molar-refractivity contribution in [2.75, 3.05) is 12.4 Å². The van der Waals surface area contributed by atoms with Crippen LogP contribution in [0.2, 0.25) is 5.02 Å². The van der Waals surface area contributed by atoms with E-state index in [-0.39, 0.29) is 12.5 Å². The number of carbonyl (C=O) groups is 1. The summed E-state index contributed by atoms with van der Waals surface area (Å²) in [5.41, 5.74) is 3.94. The number of benzene rings is 2. The zero-order chi connectivity index (χ0) is 23.2. The van der Waals surface area contributed by atoms with Crippen molar-refractivity contribution in [2.24, 2.45) is 0 Å². The molecule has 168 valence electrons. The SMILES string of the molecule is COc1cc(C)cc(Nc2ncccc2C(=O)NCc2cn(Cc3ccc(Cl)cc3)nn2)c1. The maximum atomic E-state index is 12.9. The molecule has 0 aliphatic carbocycles. The number of carbonyl (C=O) groups excluding carboxylic acids is 1. The summed E-state index contributed by atoms with van der Waals surface area (Å²) in [4.78, 5) is 17.2. The van der Waals surface area contributed by atoms with Crippen LogP contribution in [0.15, 0.2) is 67.0 Å². The molecule has 0 saturated carbocycles. The highest BCUT2D eigenvalue weighted by Crippen LogP contribution is 2.24. The van der Waals surface area contributed by atoms with Crippen LogP contribution in [-0.2, 0) is 13.1 Å². The third-order valence-corrected chi connectivity index (χ3v) is 5.13. The van der Waals surface area contributed by atoms with E-state index in [0.717, 1.165) is 22.6 Å². The first-order valence-corrected chi connectivity index (χ1v) is 10.7. The molecule has 0 bridgehead atoms. The fourth-order valence-corrected chi connectivity index (χ4v) is 3.43. The smallest absolute Gasteiger partial charge is 0.255 e. The highest BCUT2D eigenvalue weighted by atomic mass is 35.5. The molecule has 2 heterocycles. The van der Waals surface area contributed by atoms with E-state index in [4.69, 9.17) is 16.3 Å². The molecular weight excluding hydrogens is 440 g/mol. The topological polar surface area (TPSA) is 94.0 Å². The molecule has 0 fully saturated rings. The number of nitrogens with zero attached hydrogens (tertiary/aromatic N) is 4. The van der Waals surface area contributed by atoms with Gasteiger partial charge in [-0.25, -0.2) is 9.67 Å². The van der Waals surface area contributed by atoms with Gasteiger partial charge in [0, 0.05) is 23.0 Å². The second-order valence-electron chi connectivity index (χ2n) is 7.48. The van der Waals surface area contributed by atoms with Crippen molar-refractivity contribution in [3.63, 3.8) is 0 Å². The van der Waals surface area contributed by atoms with Gasteiger partial charge in [0.15, 0.2) is 0 Å². The molecule has 9 heteroatoms. The largest absolute Gasteiger partial charge is 0.497 e. The predicted octanol–water partition coefficient (Wildman–Crippen LogP) is 4.37. The molecule has 0 atom stereocenters. The Bertz CT molecular complexity index is 1260. The third kappa shape index (κ3) is 5.87. The van der Waals surface area contributed by atoms with Gasteiger partial charge in [-0.05, 0) is 54.4 Å². The Labute approximate surface area is 196 Å². The molecule has 0 aliphatic rings. The third-order valence-electron chi connectivity index (χ3n) is 4.88. The van der Waals surface area contributed by atoms with E-state index in [0.29, 0.717) is 28.6 Å². The number of rotatable bonds is 8. The van der Waals surface area contributed by atoms with E-state index >= 15 is 0 Å². The highest BCUT2D eigenvalue weighted by molar-refractivity contribution is 6.30. The first-order valence-electron chi connectivity index (χ1n) is 10.3. The zero-order valence-electron chi connectivity index (χ0n) is 18.2. The predicted molar refractivity (Wildman–Crippen MR) is 127 cm³/mol. The van der Waals surface area contributed by atoms with Gasteiger partial charge in [-0.2, -0.15) is 0 Å².